The molecule has 0 bridgehead atoms. The number of aromatic nitrogens is 2. The lowest BCUT2D eigenvalue weighted by atomic mass is 10.1. The molecule has 4 rings (SSSR count). The number of piperazine rings is 1. The van der Waals surface area contributed by atoms with Gasteiger partial charge >= 0.3 is 0 Å². The van der Waals surface area contributed by atoms with E-state index in [0.717, 1.165) is 66.1 Å². The maximum absolute atomic E-state index is 6.17. The third-order valence-corrected chi connectivity index (χ3v) is 6.44. The van der Waals surface area contributed by atoms with Crippen LogP contribution in [0.1, 0.15) is 17.4 Å². The molecule has 1 saturated heterocycles. The lowest BCUT2D eigenvalue weighted by molar-refractivity contribution is 0.246. The van der Waals surface area contributed by atoms with Crippen molar-refractivity contribution in [3.63, 3.8) is 0 Å². The molecule has 5 nitrogen and oxygen atoms in total. The summed E-state index contributed by atoms with van der Waals surface area (Å²) in [5.41, 5.74) is 1.13. The van der Waals surface area contributed by atoms with Crippen LogP contribution in [0.2, 0.25) is 5.02 Å². The van der Waals surface area contributed by atoms with E-state index >= 15 is 0 Å². The lowest BCUT2D eigenvalue weighted by Crippen LogP contribution is -2.46. The SMILES string of the molecule is CCc1cc2c(N3CCN(Cc4cc(Cl)ccc4OC)CC3)ncnc2s1. The van der Waals surface area contributed by atoms with E-state index in [1.165, 1.54) is 10.3 Å². The van der Waals surface area contributed by atoms with Crippen molar-refractivity contribution in [1.82, 2.24) is 14.9 Å². The van der Waals surface area contributed by atoms with Gasteiger partial charge in [-0.25, -0.2) is 9.97 Å². The molecule has 27 heavy (non-hydrogen) atoms. The molecule has 142 valence electrons. The first kappa shape index (κ1) is 18.5. The van der Waals surface area contributed by atoms with Gasteiger partial charge in [0.2, 0.25) is 0 Å². The Labute approximate surface area is 168 Å². The van der Waals surface area contributed by atoms with Gasteiger partial charge in [0.1, 0.15) is 22.7 Å². The van der Waals surface area contributed by atoms with E-state index in [0.29, 0.717) is 0 Å². The molecule has 0 aliphatic carbocycles. The highest BCUT2D eigenvalue weighted by atomic mass is 35.5. The minimum absolute atomic E-state index is 0.747. The number of methoxy groups -OCH3 is 1. The molecule has 0 saturated carbocycles. The molecule has 0 radical (unpaired) electrons. The van der Waals surface area contributed by atoms with Crippen molar-refractivity contribution in [3.05, 3.63) is 46.1 Å². The Balaban J connectivity index is 1.47. The van der Waals surface area contributed by atoms with Crippen molar-refractivity contribution in [3.8, 4) is 5.75 Å². The van der Waals surface area contributed by atoms with Gasteiger partial charge in [0, 0.05) is 48.2 Å². The van der Waals surface area contributed by atoms with E-state index in [1.54, 1.807) is 24.8 Å². The number of halogens is 1. The van der Waals surface area contributed by atoms with Gasteiger partial charge in [-0.15, -0.1) is 11.3 Å². The normalized spacial score (nSPS) is 15.4. The molecule has 1 aromatic carbocycles. The molecule has 1 fully saturated rings. The number of thiophene rings is 1. The third-order valence-electron chi connectivity index (χ3n) is 5.02. The Morgan fingerprint density at radius 1 is 1.15 bits per heavy atom. The second-order valence-corrected chi connectivity index (χ2v) is 8.25. The molecular formula is C20H23ClN4OS. The van der Waals surface area contributed by atoms with Crippen LogP contribution in [0.3, 0.4) is 0 Å². The van der Waals surface area contributed by atoms with Crippen molar-refractivity contribution in [2.45, 2.75) is 19.9 Å². The van der Waals surface area contributed by atoms with Gasteiger partial charge in [-0.3, -0.25) is 4.90 Å². The van der Waals surface area contributed by atoms with E-state index in [-0.39, 0.29) is 0 Å². The van der Waals surface area contributed by atoms with Gasteiger partial charge in [0.05, 0.1) is 12.5 Å². The minimum atomic E-state index is 0.747. The Bertz CT molecular complexity index is 937. The van der Waals surface area contributed by atoms with Crippen LogP contribution in [0.25, 0.3) is 10.2 Å². The number of anilines is 1. The summed E-state index contributed by atoms with van der Waals surface area (Å²) in [6.45, 7) is 6.88. The number of nitrogens with zero attached hydrogens (tertiary/aromatic N) is 4. The zero-order valence-electron chi connectivity index (χ0n) is 15.6. The number of hydrogen-bond acceptors (Lipinski definition) is 6. The molecule has 0 atom stereocenters. The van der Waals surface area contributed by atoms with Crippen molar-refractivity contribution in [2.75, 3.05) is 38.2 Å². The third kappa shape index (κ3) is 3.88. The Morgan fingerprint density at radius 3 is 2.70 bits per heavy atom. The molecule has 1 aliphatic heterocycles. The summed E-state index contributed by atoms with van der Waals surface area (Å²) < 4.78 is 5.48. The van der Waals surface area contributed by atoms with Gasteiger partial charge in [0.25, 0.3) is 0 Å². The molecular weight excluding hydrogens is 380 g/mol. The van der Waals surface area contributed by atoms with Crippen LogP contribution >= 0.6 is 22.9 Å². The maximum atomic E-state index is 6.17. The van der Waals surface area contributed by atoms with Crippen LogP contribution in [-0.4, -0.2) is 48.2 Å². The van der Waals surface area contributed by atoms with Gasteiger partial charge in [-0.05, 0) is 30.7 Å². The van der Waals surface area contributed by atoms with E-state index < -0.39 is 0 Å². The van der Waals surface area contributed by atoms with E-state index in [1.807, 2.05) is 18.2 Å². The fraction of sp³-hybridized carbons (Fsp3) is 0.400. The average Bonchev–Trinajstić information content (AvgIpc) is 3.12. The summed E-state index contributed by atoms with van der Waals surface area (Å²) in [5, 5.41) is 1.93. The Morgan fingerprint density at radius 2 is 1.96 bits per heavy atom. The molecule has 1 aliphatic rings. The smallest absolute Gasteiger partial charge is 0.140 e. The highest BCUT2D eigenvalue weighted by molar-refractivity contribution is 7.18. The number of hydrogen-bond donors (Lipinski definition) is 0. The minimum Gasteiger partial charge on any atom is -0.496 e. The highest BCUT2D eigenvalue weighted by Gasteiger charge is 2.21. The number of rotatable bonds is 5. The first-order chi connectivity index (χ1) is 13.2. The standard InChI is InChI=1S/C20H23ClN4OS/c1-3-16-11-17-19(22-13-23-20(17)27-16)25-8-6-24(7-9-25)12-14-10-15(21)4-5-18(14)26-2/h4-5,10-11,13H,3,6-9,12H2,1-2H3. The first-order valence-electron chi connectivity index (χ1n) is 9.21. The van der Waals surface area contributed by atoms with Crippen molar-refractivity contribution >= 4 is 39.0 Å². The summed E-state index contributed by atoms with van der Waals surface area (Å²) in [6, 6.07) is 8.05. The molecule has 3 aromatic rings. The number of fused-ring (bicyclic) bond motifs is 1. The fourth-order valence-electron chi connectivity index (χ4n) is 3.55. The van der Waals surface area contributed by atoms with Crippen LogP contribution in [0.5, 0.6) is 5.75 Å². The predicted octanol–water partition coefficient (Wildman–Crippen LogP) is 4.24. The summed E-state index contributed by atoms with van der Waals surface area (Å²) >= 11 is 7.94. The zero-order valence-corrected chi connectivity index (χ0v) is 17.2. The van der Waals surface area contributed by atoms with Crippen LogP contribution in [0.15, 0.2) is 30.6 Å². The first-order valence-corrected chi connectivity index (χ1v) is 10.4. The van der Waals surface area contributed by atoms with Crippen molar-refractivity contribution < 1.29 is 4.74 Å². The van der Waals surface area contributed by atoms with Crippen molar-refractivity contribution in [2.24, 2.45) is 0 Å². The Kier molecular flexibility index (Phi) is 5.48. The molecule has 0 N–H and O–H groups in total. The molecule has 3 heterocycles. The number of aryl methyl sites for hydroxylation is 1. The van der Waals surface area contributed by atoms with E-state index in [9.17, 15) is 0 Å². The van der Waals surface area contributed by atoms with Gasteiger partial charge in [-0.1, -0.05) is 18.5 Å². The van der Waals surface area contributed by atoms with Crippen LogP contribution in [0, 0.1) is 0 Å². The van der Waals surface area contributed by atoms with E-state index in [4.69, 9.17) is 16.3 Å². The summed E-state index contributed by atoms with van der Waals surface area (Å²) in [6.07, 6.45) is 2.73. The monoisotopic (exact) mass is 402 g/mol. The maximum Gasteiger partial charge on any atom is 0.140 e. The molecule has 2 aromatic heterocycles. The largest absolute Gasteiger partial charge is 0.496 e. The Hall–Kier alpha value is -1.89. The quantitative estimate of drug-likeness (QED) is 0.638. The fourth-order valence-corrected chi connectivity index (χ4v) is 4.67. The average molecular weight is 403 g/mol. The van der Waals surface area contributed by atoms with E-state index in [2.05, 4.69) is 32.8 Å². The van der Waals surface area contributed by atoms with Crippen LogP contribution < -0.4 is 9.64 Å². The summed E-state index contributed by atoms with van der Waals surface area (Å²) in [4.78, 5) is 16.3. The second kappa shape index (κ2) is 8.00. The summed E-state index contributed by atoms with van der Waals surface area (Å²) in [5.74, 6) is 1.96. The van der Waals surface area contributed by atoms with Gasteiger partial charge < -0.3 is 9.64 Å². The lowest BCUT2D eigenvalue weighted by Gasteiger charge is -2.35. The highest BCUT2D eigenvalue weighted by Crippen LogP contribution is 2.31. The summed E-state index contributed by atoms with van der Waals surface area (Å²) in [7, 11) is 1.70. The predicted molar refractivity (Wildman–Crippen MR) is 112 cm³/mol. The van der Waals surface area contributed by atoms with Gasteiger partial charge in [0.15, 0.2) is 0 Å². The van der Waals surface area contributed by atoms with Crippen LogP contribution in [0.4, 0.5) is 5.82 Å². The zero-order chi connectivity index (χ0) is 18.8. The topological polar surface area (TPSA) is 41.5 Å². The van der Waals surface area contributed by atoms with Crippen LogP contribution in [-0.2, 0) is 13.0 Å². The molecule has 7 heteroatoms. The molecule has 0 unspecified atom stereocenters. The molecule has 0 amide bonds. The second-order valence-electron chi connectivity index (χ2n) is 6.70. The molecule has 0 spiro atoms. The number of benzene rings is 1. The van der Waals surface area contributed by atoms with Gasteiger partial charge in [-0.2, -0.15) is 0 Å². The van der Waals surface area contributed by atoms with Crippen molar-refractivity contribution in [1.29, 1.82) is 0 Å². The number of ether oxygens (including phenoxy) is 1.